The third-order valence-electron chi connectivity index (χ3n) is 1.53. The number of hydrogen-bond donors (Lipinski definition) is 3. The zero-order valence-electron chi connectivity index (χ0n) is 7.82. The van der Waals surface area contributed by atoms with Gasteiger partial charge in [-0.25, -0.2) is 0 Å². The SMILES string of the molecule is CNC(O)CCOC(=O)CCCO. The number of aliphatic hydroxyl groups is 2. The summed E-state index contributed by atoms with van der Waals surface area (Å²) in [7, 11) is 1.62. The van der Waals surface area contributed by atoms with Crippen LogP contribution in [-0.2, 0) is 9.53 Å². The third kappa shape index (κ3) is 7.70. The lowest BCUT2D eigenvalue weighted by molar-refractivity contribution is -0.144. The molecule has 0 heterocycles. The highest BCUT2D eigenvalue weighted by molar-refractivity contribution is 5.69. The van der Waals surface area contributed by atoms with Crippen molar-refractivity contribution in [1.29, 1.82) is 0 Å². The minimum Gasteiger partial charge on any atom is -0.466 e. The Bertz CT molecular complexity index is 140. The van der Waals surface area contributed by atoms with Gasteiger partial charge in [-0.3, -0.25) is 10.1 Å². The molecule has 0 radical (unpaired) electrons. The van der Waals surface area contributed by atoms with Crippen LogP contribution in [0.15, 0.2) is 0 Å². The lowest BCUT2D eigenvalue weighted by Crippen LogP contribution is -2.26. The molecule has 0 bridgehead atoms. The first kappa shape index (κ1) is 12.3. The molecule has 0 saturated heterocycles. The molecule has 0 aromatic heterocycles. The van der Waals surface area contributed by atoms with Crippen LogP contribution in [0.25, 0.3) is 0 Å². The molecule has 0 aromatic rings. The Hall–Kier alpha value is -0.650. The second-order valence-corrected chi connectivity index (χ2v) is 2.64. The van der Waals surface area contributed by atoms with Crippen molar-refractivity contribution in [3.8, 4) is 0 Å². The van der Waals surface area contributed by atoms with Gasteiger partial charge in [0.05, 0.1) is 6.61 Å². The van der Waals surface area contributed by atoms with Crippen molar-refractivity contribution in [1.82, 2.24) is 5.32 Å². The number of carbonyl (C=O) groups is 1. The monoisotopic (exact) mass is 191 g/mol. The molecular formula is C8H17NO4. The van der Waals surface area contributed by atoms with Gasteiger partial charge in [-0.2, -0.15) is 0 Å². The van der Waals surface area contributed by atoms with Crippen molar-refractivity contribution in [2.24, 2.45) is 0 Å². The molecule has 0 spiro atoms. The molecular weight excluding hydrogens is 174 g/mol. The van der Waals surface area contributed by atoms with Crippen molar-refractivity contribution in [2.75, 3.05) is 20.3 Å². The molecule has 0 aliphatic heterocycles. The summed E-state index contributed by atoms with van der Waals surface area (Å²) in [6.45, 7) is 0.195. The fraction of sp³-hybridized carbons (Fsp3) is 0.875. The molecule has 5 nitrogen and oxygen atoms in total. The molecule has 1 atom stereocenters. The lowest BCUT2D eigenvalue weighted by Gasteiger charge is -2.08. The predicted molar refractivity (Wildman–Crippen MR) is 47.0 cm³/mol. The van der Waals surface area contributed by atoms with Gasteiger partial charge in [0, 0.05) is 19.4 Å². The Morgan fingerprint density at radius 2 is 2.31 bits per heavy atom. The number of aliphatic hydroxyl groups excluding tert-OH is 2. The first-order valence-corrected chi connectivity index (χ1v) is 4.32. The van der Waals surface area contributed by atoms with Crippen molar-refractivity contribution >= 4 is 5.97 Å². The average molecular weight is 191 g/mol. The highest BCUT2D eigenvalue weighted by atomic mass is 16.5. The van der Waals surface area contributed by atoms with Gasteiger partial charge in [0.1, 0.15) is 6.23 Å². The summed E-state index contributed by atoms with van der Waals surface area (Å²) in [4.78, 5) is 10.8. The van der Waals surface area contributed by atoms with E-state index in [0.29, 0.717) is 12.8 Å². The van der Waals surface area contributed by atoms with Crippen molar-refractivity contribution in [2.45, 2.75) is 25.5 Å². The van der Waals surface area contributed by atoms with E-state index in [2.05, 4.69) is 5.32 Å². The minimum absolute atomic E-state index is 0.00571. The van der Waals surface area contributed by atoms with Gasteiger partial charge in [-0.15, -0.1) is 0 Å². The molecule has 78 valence electrons. The summed E-state index contributed by atoms with van der Waals surface area (Å²) in [5.41, 5.74) is 0. The summed E-state index contributed by atoms with van der Waals surface area (Å²) in [5, 5.41) is 20.0. The van der Waals surface area contributed by atoms with Crippen LogP contribution in [0.3, 0.4) is 0 Å². The van der Waals surface area contributed by atoms with Gasteiger partial charge in [0.2, 0.25) is 0 Å². The number of rotatable bonds is 7. The maximum atomic E-state index is 10.8. The van der Waals surface area contributed by atoms with Crippen LogP contribution in [0, 0.1) is 0 Å². The molecule has 5 heteroatoms. The topological polar surface area (TPSA) is 78.8 Å². The Morgan fingerprint density at radius 3 is 2.85 bits per heavy atom. The first-order chi connectivity index (χ1) is 6.20. The molecule has 1 unspecified atom stereocenters. The van der Waals surface area contributed by atoms with E-state index >= 15 is 0 Å². The zero-order chi connectivity index (χ0) is 10.1. The van der Waals surface area contributed by atoms with Crippen LogP contribution in [0.2, 0.25) is 0 Å². The summed E-state index contributed by atoms with van der Waals surface area (Å²) in [6.07, 6.45) is 0.395. The summed E-state index contributed by atoms with van der Waals surface area (Å²) in [6, 6.07) is 0. The maximum Gasteiger partial charge on any atom is 0.305 e. The summed E-state index contributed by atoms with van der Waals surface area (Å²) < 4.78 is 4.77. The molecule has 0 aliphatic rings. The molecule has 0 saturated carbocycles. The van der Waals surface area contributed by atoms with Gasteiger partial charge in [0.25, 0.3) is 0 Å². The molecule has 13 heavy (non-hydrogen) atoms. The fourth-order valence-electron chi connectivity index (χ4n) is 0.724. The standard InChI is InChI=1S/C8H17NO4/c1-9-7(11)4-6-13-8(12)3-2-5-10/h7,9-11H,2-6H2,1H3. The molecule has 0 aliphatic carbocycles. The molecule has 0 aromatic carbocycles. The Kier molecular flexibility index (Phi) is 7.57. The van der Waals surface area contributed by atoms with E-state index in [1.165, 1.54) is 0 Å². The van der Waals surface area contributed by atoms with E-state index in [4.69, 9.17) is 14.9 Å². The van der Waals surface area contributed by atoms with E-state index in [-0.39, 0.29) is 25.6 Å². The van der Waals surface area contributed by atoms with Crippen LogP contribution in [0.1, 0.15) is 19.3 Å². The molecule has 0 rings (SSSR count). The maximum absolute atomic E-state index is 10.8. The fourth-order valence-corrected chi connectivity index (χ4v) is 0.724. The minimum atomic E-state index is -0.634. The first-order valence-electron chi connectivity index (χ1n) is 4.32. The van der Waals surface area contributed by atoms with Gasteiger partial charge < -0.3 is 14.9 Å². The molecule has 3 N–H and O–H groups in total. The van der Waals surface area contributed by atoms with Gasteiger partial charge in [-0.1, -0.05) is 0 Å². The van der Waals surface area contributed by atoms with E-state index in [1.54, 1.807) is 7.05 Å². The predicted octanol–water partition coefficient (Wildman–Crippen LogP) is -0.770. The van der Waals surface area contributed by atoms with E-state index in [0.717, 1.165) is 0 Å². The number of nitrogens with one attached hydrogen (secondary N) is 1. The summed E-state index contributed by atoms with van der Waals surface area (Å²) in [5.74, 6) is -0.336. The van der Waals surface area contributed by atoms with E-state index in [1.807, 2.05) is 0 Å². The highest BCUT2D eigenvalue weighted by Gasteiger charge is 2.04. The summed E-state index contributed by atoms with van der Waals surface area (Å²) >= 11 is 0. The number of hydrogen-bond acceptors (Lipinski definition) is 5. The Labute approximate surface area is 77.7 Å². The van der Waals surface area contributed by atoms with Crippen LogP contribution < -0.4 is 5.32 Å². The highest BCUT2D eigenvalue weighted by Crippen LogP contribution is 1.94. The van der Waals surface area contributed by atoms with Gasteiger partial charge in [-0.05, 0) is 13.5 Å². The van der Waals surface area contributed by atoms with Crippen LogP contribution in [-0.4, -0.2) is 42.7 Å². The number of esters is 1. The smallest absolute Gasteiger partial charge is 0.305 e. The van der Waals surface area contributed by atoms with Crippen LogP contribution >= 0.6 is 0 Å². The Balaban J connectivity index is 3.26. The average Bonchev–Trinajstić information content (AvgIpc) is 2.14. The third-order valence-corrected chi connectivity index (χ3v) is 1.53. The molecule has 0 fully saturated rings. The number of ether oxygens (including phenoxy) is 1. The van der Waals surface area contributed by atoms with E-state index in [9.17, 15) is 4.79 Å². The second-order valence-electron chi connectivity index (χ2n) is 2.64. The normalized spacial score (nSPS) is 12.5. The lowest BCUT2D eigenvalue weighted by atomic mass is 10.3. The Morgan fingerprint density at radius 1 is 1.62 bits per heavy atom. The molecule has 0 amide bonds. The van der Waals surface area contributed by atoms with Gasteiger partial charge >= 0.3 is 5.97 Å². The van der Waals surface area contributed by atoms with E-state index < -0.39 is 6.23 Å². The van der Waals surface area contributed by atoms with Crippen LogP contribution in [0.4, 0.5) is 0 Å². The van der Waals surface area contributed by atoms with Gasteiger partial charge in [0.15, 0.2) is 0 Å². The van der Waals surface area contributed by atoms with Crippen molar-refractivity contribution in [3.63, 3.8) is 0 Å². The second kappa shape index (κ2) is 7.97. The van der Waals surface area contributed by atoms with Crippen molar-refractivity contribution < 1.29 is 19.7 Å². The van der Waals surface area contributed by atoms with Crippen LogP contribution in [0.5, 0.6) is 0 Å². The quantitative estimate of drug-likeness (QED) is 0.364. The largest absolute Gasteiger partial charge is 0.466 e. The zero-order valence-corrected chi connectivity index (χ0v) is 7.82. The number of carbonyl (C=O) groups excluding carboxylic acids is 1. The van der Waals surface area contributed by atoms with Crippen molar-refractivity contribution in [3.05, 3.63) is 0 Å².